The van der Waals surface area contributed by atoms with Crippen LogP contribution in [0, 0.1) is 5.92 Å². The molecular formula is C11H19N3O. The second-order valence-corrected chi connectivity index (χ2v) is 4.44. The van der Waals surface area contributed by atoms with Crippen molar-refractivity contribution in [3.63, 3.8) is 0 Å². The standard InChI is InChI=1S/C11H19N3O/c1-2-11(15)10-8-14(13-12-10)7-9-5-3-4-6-9/h8-9,11,15H,2-7H2,1H3. The van der Waals surface area contributed by atoms with Crippen molar-refractivity contribution in [2.75, 3.05) is 0 Å². The number of rotatable bonds is 4. The van der Waals surface area contributed by atoms with Gasteiger partial charge in [-0.1, -0.05) is 25.0 Å². The zero-order chi connectivity index (χ0) is 10.7. The quantitative estimate of drug-likeness (QED) is 0.824. The van der Waals surface area contributed by atoms with Crippen LogP contribution in [0.2, 0.25) is 0 Å². The molecule has 1 N–H and O–H groups in total. The largest absolute Gasteiger partial charge is 0.387 e. The van der Waals surface area contributed by atoms with Crippen molar-refractivity contribution in [1.82, 2.24) is 15.0 Å². The Hall–Kier alpha value is -0.900. The first kappa shape index (κ1) is 10.6. The predicted molar refractivity (Wildman–Crippen MR) is 57.2 cm³/mol. The van der Waals surface area contributed by atoms with E-state index in [1.54, 1.807) is 0 Å². The minimum atomic E-state index is -0.456. The third-order valence-corrected chi connectivity index (χ3v) is 3.20. The lowest BCUT2D eigenvalue weighted by Crippen LogP contribution is -2.07. The van der Waals surface area contributed by atoms with E-state index in [0.717, 1.165) is 12.5 Å². The molecule has 0 radical (unpaired) electrons. The van der Waals surface area contributed by atoms with Gasteiger partial charge in [0.2, 0.25) is 0 Å². The Kier molecular flexibility index (Phi) is 3.36. The SMILES string of the molecule is CCC(O)c1cn(CC2CCCC2)nn1. The molecule has 1 atom stereocenters. The second-order valence-electron chi connectivity index (χ2n) is 4.44. The monoisotopic (exact) mass is 209 g/mol. The molecule has 1 saturated carbocycles. The van der Waals surface area contributed by atoms with Crippen LogP contribution in [0.25, 0.3) is 0 Å². The van der Waals surface area contributed by atoms with Crippen molar-refractivity contribution < 1.29 is 5.11 Å². The Morgan fingerprint density at radius 2 is 2.27 bits per heavy atom. The maximum absolute atomic E-state index is 9.59. The summed E-state index contributed by atoms with van der Waals surface area (Å²) < 4.78 is 1.88. The van der Waals surface area contributed by atoms with E-state index in [-0.39, 0.29) is 0 Å². The number of aliphatic hydroxyl groups is 1. The molecule has 1 fully saturated rings. The Morgan fingerprint density at radius 1 is 1.53 bits per heavy atom. The summed E-state index contributed by atoms with van der Waals surface area (Å²) in [4.78, 5) is 0. The highest BCUT2D eigenvalue weighted by molar-refractivity contribution is 4.96. The van der Waals surface area contributed by atoms with Crippen LogP contribution < -0.4 is 0 Å². The van der Waals surface area contributed by atoms with E-state index in [1.165, 1.54) is 25.7 Å². The molecular weight excluding hydrogens is 190 g/mol. The first-order valence-electron chi connectivity index (χ1n) is 5.87. The first-order valence-corrected chi connectivity index (χ1v) is 5.87. The van der Waals surface area contributed by atoms with Gasteiger partial charge in [-0.3, -0.25) is 4.68 Å². The maximum atomic E-state index is 9.59. The van der Waals surface area contributed by atoms with Crippen LogP contribution in [0.4, 0.5) is 0 Å². The predicted octanol–water partition coefficient (Wildman–Crippen LogP) is 1.91. The van der Waals surface area contributed by atoms with Gasteiger partial charge in [-0.2, -0.15) is 0 Å². The van der Waals surface area contributed by atoms with E-state index in [2.05, 4.69) is 10.3 Å². The molecule has 1 aromatic rings. The lowest BCUT2D eigenvalue weighted by molar-refractivity contribution is 0.168. The van der Waals surface area contributed by atoms with Crippen molar-refractivity contribution in [2.45, 2.75) is 51.7 Å². The van der Waals surface area contributed by atoms with Gasteiger partial charge < -0.3 is 5.11 Å². The van der Waals surface area contributed by atoms with Crippen LogP contribution in [0.3, 0.4) is 0 Å². The van der Waals surface area contributed by atoms with Crippen LogP contribution in [-0.4, -0.2) is 20.1 Å². The third kappa shape index (κ3) is 2.56. The third-order valence-electron chi connectivity index (χ3n) is 3.20. The number of aliphatic hydroxyl groups excluding tert-OH is 1. The summed E-state index contributed by atoms with van der Waals surface area (Å²) in [5, 5.41) is 17.6. The van der Waals surface area contributed by atoms with Crippen molar-refractivity contribution >= 4 is 0 Å². The minimum absolute atomic E-state index is 0.456. The van der Waals surface area contributed by atoms with Crippen molar-refractivity contribution in [1.29, 1.82) is 0 Å². The molecule has 2 rings (SSSR count). The van der Waals surface area contributed by atoms with Crippen molar-refractivity contribution in [2.24, 2.45) is 5.92 Å². The average molecular weight is 209 g/mol. The van der Waals surface area contributed by atoms with E-state index in [1.807, 2.05) is 17.8 Å². The molecule has 4 heteroatoms. The Balaban J connectivity index is 1.94. The lowest BCUT2D eigenvalue weighted by Gasteiger charge is -2.07. The van der Waals surface area contributed by atoms with E-state index in [9.17, 15) is 5.11 Å². The van der Waals surface area contributed by atoms with Crippen LogP contribution in [0.15, 0.2) is 6.20 Å². The van der Waals surface area contributed by atoms with Crippen molar-refractivity contribution in [3.8, 4) is 0 Å². The molecule has 1 heterocycles. The van der Waals surface area contributed by atoms with Crippen LogP contribution in [0.5, 0.6) is 0 Å². The van der Waals surface area contributed by atoms with Crippen LogP contribution in [-0.2, 0) is 6.54 Å². The molecule has 1 aliphatic carbocycles. The molecule has 0 spiro atoms. The van der Waals surface area contributed by atoms with Crippen molar-refractivity contribution in [3.05, 3.63) is 11.9 Å². The summed E-state index contributed by atoms with van der Waals surface area (Å²) >= 11 is 0. The molecule has 15 heavy (non-hydrogen) atoms. The maximum Gasteiger partial charge on any atom is 0.111 e. The Labute approximate surface area is 90.3 Å². The highest BCUT2D eigenvalue weighted by Gasteiger charge is 2.17. The molecule has 1 unspecified atom stereocenters. The molecule has 0 bridgehead atoms. The van der Waals surface area contributed by atoms with Crippen LogP contribution >= 0.6 is 0 Å². The summed E-state index contributed by atoms with van der Waals surface area (Å²) in [6.45, 7) is 2.91. The fraction of sp³-hybridized carbons (Fsp3) is 0.818. The zero-order valence-electron chi connectivity index (χ0n) is 9.26. The Morgan fingerprint density at radius 3 is 2.93 bits per heavy atom. The molecule has 0 saturated heterocycles. The zero-order valence-corrected chi connectivity index (χ0v) is 9.26. The molecule has 0 amide bonds. The highest BCUT2D eigenvalue weighted by atomic mass is 16.3. The summed E-state index contributed by atoms with van der Waals surface area (Å²) in [5.74, 6) is 0.762. The summed E-state index contributed by atoms with van der Waals surface area (Å²) in [6, 6.07) is 0. The topological polar surface area (TPSA) is 50.9 Å². The highest BCUT2D eigenvalue weighted by Crippen LogP contribution is 2.26. The van der Waals surface area contributed by atoms with Crippen LogP contribution in [0.1, 0.15) is 50.8 Å². The number of nitrogens with zero attached hydrogens (tertiary/aromatic N) is 3. The fourth-order valence-corrected chi connectivity index (χ4v) is 2.22. The molecule has 0 aromatic carbocycles. The Bertz CT molecular complexity index is 305. The van der Waals surface area contributed by atoms with Gasteiger partial charge in [0.15, 0.2) is 0 Å². The van der Waals surface area contributed by atoms with E-state index in [4.69, 9.17) is 0 Å². The summed E-state index contributed by atoms with van der Waals surface area (Å²) in [7, 11) is 0. The second kappa shape index (κ2) is 4.75. The number of hydrogen-bond donors (Lipinski definition) is 1. The molecule has 4 nitrogen and oxygen atoms in total. The van der Waals surface area contributed by atoms with Gasteiger partial charge in [0.05, 0.1) is 12.3 Å². The first-order chi connectivity index (χ1) is 7.29. The lowest BCUT2D eigenvalue weighted by atomic mass is 10.1. The van der Waals surface area contributed by atoms with Gasteiger partial charge in [-0.05, 0) is 25.2 Å². The van der Waals surface area contributed by atoms with Gasteiger partial charge in [-0.15, -0.1) is 5.10 Å². The molecule has 1 aliphatic rings. The van der Waals surface area contributed by atoms with Gasteiger partial charge in [0.1, 0.15) is 5.69 Å². The molecule has 84 valence electrons. The minimum Gasteiger partial charge on any atom is -0.387 e. The molecule has 0 aliphatic heterocycles. The van der Waals surface area contributed by atoms with Gasteiger partial charge in [0, 0.05) is 6.54 Å². The van der Waals surface area contributed by atoms with E-state index < -0.39 is 6.10 Å². The molecule has 1 aromatic heterocycles. The van der Waals surface area contributed by atoms with Gasteiger partial charge in [0.25, 0.3) is 0 Å². The summed E-state index contributed by atoms with van der Waals surface area (Å²) in [5.41, 5.74) is 0.704. The smallest absolute Gasteiger partial charge is 0.111 e. The normalized spacial score (nSPS) is 19.6. The van der Waals surface area contributed by atoms with E-state index in [0.29, 0.717) is 12.1 Å². The van der Waals surface area contributed by atoms with Gasteiger partial charge >= 0.3 is 0 Å². The average Bonchev–Trinajstić information content (AvgIpc) is 2.88. The number of hydrogen-bond acceptors (Lipinski definition) is 3. The van der Waals surface area contributed by atoms with E-state index >= 15 is 0 Å². The summed E-state index contributed by atoms with van der Waals surface area (Å²) in [6.07, 6.45) is 7.45. The fourth-order valence-electron chi connectivity index (χ4n) is 2.22. The van der Waals surface area contributed by atoms with Gasteiger partial charge in [-0.25, -0.2) is 0 Å². The number of aromatic nitrogens is 3.